The van der Waals surface area contributed by atoms with Crippen LogP contribution in [-0.2, 0) is 0 Å². The summed E-state index contributed by atoms with van der Waals surface area (Å²) < 4.78 is 0. The van der Waals surface area contributed by atoms with Crippen molar-refractivity contribution < 1.29 is 0 Å². The largest absolute Gasteiger partial charge is 0.326 e. The van der Waals surface area contributed by atoms with Gasteiger partial charge in [-0.1, -0.05) is 13.8 Å². The number of rotatable bonds is 4. The second kappa shape index (κ2) is 4.81. The Morgan fingerprint density at radius 3 is 2.27 bits per heavy atom. The van der Waals surface area contributed by atoms with Gasteiger partial charge in [-0.2, -0.15) is 0 Å². The van der Waals surface area contributed by atoms with E-state index in [-0.39, 0.29) is 0 Å². The van der Waals surface area contributed by atoms with Gasteiger partial charge in [0.15, 0.2) is 0 Å². The van der Waals surface area contributed by atoms with E-state index >= 15 is 0 Å². The highest BCUT2D eigenvalue weighted by Gasteiger charge is 2.34. The summed E-state index contributed by atoms with van der Waals surface area (Å²) in [7, 11) is 0. The minimum atomic E-state index is 0.385. The first-order valence-electron chi connectivity index (χ1n) is 6.39. The quantitative estimate of drug-likeness (QED) is 0.745. The standard InChI is InChI=1S/C12H25N3/c1-10(2)3-4-11(13)12-9-14-5-7-15(12)8-6-14/h10-12H,3-9,13H2,1-2H3. The lowest BCUT2D eigenvalue weighted by molar-refractivity contribution is 0.000808. The highest BCUT2D eigenvalue weighted by atomic mass is 15.3. The first kappa shape index (κ1) is 11.4. The highest BCUT2D eigenvalue weighted by molar-refractivity contribution is 4.93. The molecule has 0 aromatic rings. The van der Waals surface area contributed by atoms with E-state index in [0.29, 0.717) is 12.1 Å². The van der Waals surface area contributed by atoms with Crippen LogP contribution in [-0.4, -0.2) is 54.6 Å². The maximum absolute atomic E-state index is 6.31. The van der Waals surface area contributed by atoms with Crippen molar-refractivity contribution in [3.8, 4) is 0 Å². The Morgan fingerprint density at radius 1 is 1.13 bits per heavy atom. The van der Waals surface area contributed by atoms with Gasteiger partial charge in [-0.15, -0.1) is 0 Å². The van der Waals surface area contributed by atoms with E-state index in [9.17, 15) is 0 Å². The first-order valence-corrected chi connectivity index (χ1v) is 6.39. The smallest absolute Gasteiger partial charge is 0.0375 e. The summed E-state index contributed by atoms with van der Waals surface area (Å²) in [5, 5.41) is 0. The summed E-state index contributed by atoms with van der Waals surface area (Å²) in [5.41, 5.74) is 6.31. The fourth-order valence-electron chi connectivity index (χ4n) is 2.78. The minimum absolute atomic E-state index is 0.385. The molecule has 0 aromatic carbocycles. The molecule has 2 N–H and O–H groups in total. The lowest BCUT2D eigenvalue weighted by Crippen LogP contribution is -2.65. The molecular formula is C12H25N3. The fraction of sp³-hybridized carbons (Fsp3) is 1.00. The topological polar surface area (TPSA) is 32.5 Å². The third-order valence-corrected chi connectivity index (χ3v) is 3.89. The SMILES string of the molecule is CC(C)CCC(N)C1CN2CCN1CC2. The zero-order valence-electron chi connectivity index (χ0n) is 10.2. The van der Waals surface area contributed by atoms with Crippen LogP contribution in [0.15, 0.2) is 0 Å². The molecule has 3 rings (SSSR count). The van der Waals surface area contributed by atoms with Gasteiger partial charge in [-0.25, -0.2) is 0 Å². The Morgan fingerprint density at radius 2 is 1.80 bits per heavy atom. The van der Waals surface area contributed by atoms with Crippen molar-refractivity contribution in [3.05, 3.63) is 0 Å². The minimum Gasteiger partial charge on any atom is -0.326 e. The summed E-state index contributed by atoms with van der Waals surface area (Å²) in [4.78, 5) is 5.17. The highest BCUT2D eigenvalue weighted by Crippen LogP contribution is 2.20. The molecule has 3 saturated heterocycles. The molecule has 3 fully saturated rings. The zero-order chi connectivity index (χ0) is 10.8. The van der Waals surface area contributed by atoms with Crippen LogP contribution in [0.3, 0.4) is 0 Å². The monoisotopic (exact) mass is 211 g/mol. The second-order valence-corrected chi connectivity index (χ2v) is 5.54. The average molecular weight is 211 g/mol. The van der Waals surface area contributed by atoms with Gasteiger partial charge in [0.25, 0.3) is 0 Å². The molecule has 15 heavy (non-hydrogen) atoms. The van der Waals surface area contributed by atoms with Crippen molar-refractivity contribution in [1.82, 2.24) is 9.80 Å². The van der Waals surface area contributed by atoms with E-state index in [1.807, 2.05) is 0 Å². The molecule has 0 saturated carbocycles. The van der Waals surface area contributed by atoms with E-state index in [4.69, 9.17) is 5.73 Å². The van der Waals surface area contributed by atoms with Crippen LogP contribution in [0.1, 0.15) is 26.7 Å². The summed E-state index contributed by atoms with van der Waals surface area (Å²) in [6.45, 7) is 10.8. The van der Waals surface area contributed by atoms with Crippen molar-refractivity contribution in [3.63, 3.8) is 0 Å². The third-order valence-electron chi connectivity index (χ3n) is 3.89. The zero-order valence-corrected chi connectivity index (χ0v) is 10.2. The van der Waals surface area contributed by atoms with Gasteiger partial charge in [-0.3, -0.25) is 9.80 Å². The average Bonchev–Trinajstić information content (AvgIpc) is 2.27. The molecular weight excluding hydrogens is 186 g/mol. The molecule has 3 aliphatic rings. The Bertz CT molecular complexity index is 197. The van der Waals surface area contributed by atoms with Crippen LogP contribution in [0.5, 0.6) is 0 Å². The van der Waals surface area contributed by atoms with Gasteiger partial charge in [0.05, 0.1) is 0 Å². The Hall–Kier alpha value is -0.120. The molecule has 3 heterocycles. The number of nitrogens with zero attached hydrogens (tertiary/aromatic N) is 2. The maximum Gasteiger partial charge on any atom is 0.0375 e. The van der Waals surface area contributed by atoms with Gasteiger partial charge in [0, 0.05) is 44.8 Å². The van der Waals surface area contributed by atoms with E-state index in [1.165, 1.54) is 45.6 Å². The van der Waals surface area contributed by atoms with Crippen LogP contribution in [0.2, 0.25) is 0 Å². The molecule has 0 amide bonds. The summed E-state index contributed by atoms with van der Waals surface area (Å²) in [6.07, 6.45) is 2.46. The van der Waals surface area contributed by atoms with Gasteiger partial charge in [-0.05, 0) is 18.8 Å². The van der Waals surface area contributed by atoms with E-state index in [2.05, 4.69) is 23.6 Å². The predicted molar refractivity (Wildman–Crippen MR) is 63.8 cm³/mol. The molecule has 2 unspecified atom stereocenters. The molecule has 88 valence electrons. The fourth-order valence-corrected chi connectivity index (χ4v) is 2.78. The van der Waals surface area contributed by atoms with Crippen molar-refractivity contribution >= 4 is 0 Å². The Labute approximate surface area is 93.6 Å². The molecule has 3 heteroatoms. The van der Waals surface area contributed by atoms with Crippen LogP contribution >= 0.6 is 0 Å². The molecule has 3 aliphatic heterocycles. The molecule has 0 spiro atoms. The molecule has 0 aliphatic carbocycles. The maximum atomic E-state index is 6.31. The van der Waals surface area contributed by atoms with Crippen molar-refractivity contribution in [2.75, 3.05) is 32.7 Å². The third kappa shape index (κ3) is 2.71. The molecule has 0 radical (unpaired) electrons. The lowest BCUT2D eigenvalue weighted by atomic mass is 9.94. The normalized spacial score (nSPS) is 37.2. The van der Waals surface area contributed by atoms with Gasteiger partial charge >= 0.3 is 0 Å². The number of hydrogen-bond acceptors (Lipinski definition) is 3. The Kier molecular flexibility index (Phi) is 3.65. The molecule has 2 atom stereocenters. The summed E-state index contributed by atoms with van der Waals surface area (Å²) in [5.74, 6) is 0.784. The van der Waals surface area contributed by atoms with Gasteiger partial charge < -0.3 is 5.73 Å². The van der Waals surface area contributed by atoms with Crippen LogP contribution in [0.25, 0.3) is 0 Å². The number of fused-ring (bicyclic) bond motifs is 3. The molecule has 0 aromatic heterocycles. The van der Waals surface area contributed by atoms with Crippen LogP contribution in [0.4, 0.5) is 0 Å². The van der Waals surface area contributed by atoms with Crippen molar-refractivity contribution in [1.29, 1.82) is 0 Å². The summed E-state index contributed by atoms with van der Waals surface area (Å²) in [6, 6.07) is 1.02. The number of nitrogens with two attached hydrogens (primary N) is 1. The van der Waals surface area contributed by atoms with Gasteiger partial charge in [0.2, 0.25) is 0 Å². The van der Waals surface area contributed by atoms with E-state index in [1.54, 1.807) is 0 Å². The first-order chi connectivity index (χ1) is 7.16. The van der Waals surface area contributed by atoms with Crippen molar-refractivity contribution in [2.45, 2.75) is 38.8 Å². The second-order valence-electron chi connectivity index (χ2n) is 5.54. The predicted octanol–water partition coefficient (Wildman–Crippen LogP) is 0.750. The summed E-state index contributed by atoms with van der Waals surface area (Å²) >= 11 is 0. The van der Waals surface area contributed by atoms with Crippen LogP contribution in [0, 0.1) is 5.92 Å². The number of piperazine rings is 3. The van der Waals surface area contributed by atoms with Gasteiger partial charge in [0.1, 0.15) is 0 Å². The van der Waals surface area contributed by atoms with Crippen molar-refractivity contribution in [2.24, 2.45) is 11.7 Å². The molecule has 3 nitrogen and oxygen atoms in total. The lowest BCUT2D eigenvalue weighted by Gasteiger charge is -2.49. The van der Waals surface area contributed by atoms with E-state index < -0.39 is 0 Å². The number of hydrogen-bond donors (Lipinski definition) is 1. The Balaban J connectivity index is 1.82. The van der Waals surface area contributed by atoms with E-state index in [0.717, 1.165) is 5.92 Å². The van der Waals surface area contributed by atoms with Crippen LogP contribution < -0.4 is 5.73 Å². The molecule has 2 bridgehead atoms.